The Labute approximate surface area is 81.3 Å². The third-order valence-corrected chi connectivity index (χ3v) is 3.12. The van der Waals surface area contributed by atoms with Gasteiger partial charge in [0.1, 0.15) is 6.10 Å². The van der Waals surface area contributed by atoms with Crippen LogP contribution in [0.2, 0.25) is 0 Å². The third-order valence-electron chi connectivity index (χ3n) is 0.878. The molecule has 8 heteroatoms. The monoisotopic (exact) mass is 228 g/mol. The molecule has 0 fully saturated rings. The van der Waals surface area contributed by atoms with E-state index in [1.54, 1.807) is 0 Å². The van der Waals surface area contributed by atoms with Gasteiger partial charge in [-0.25, -0.2) is 4.79 Å². The summed E-state index contributed by atoms with van der Waals surface area (Å²) in [5.74, 6) is -1.47. The van der Waals surface area contributed by atoms with Crippen LogP contribution in [0.5, 0.6) is 0 Å². The summed E-state index contributed by atoms with van der Waals surface area (Å²) in [6, 6.07) is 0. The Morgan fingerprint density at radius 1 is 1.31 bits per heavy atom. The number of aliphatic carboxylic acids is 1. The minimum atomic E-state index is -1.72. The van der Waals surface area contributed by atoms with Crippen LogP contribution in [0.25, 0.3) is 0 Å². The molecule has 0 saturated carbocycles. The second-order valence-electron chi connectivity index (χ2n) is 1.89. The van der Waals surface area contributed by atoms with Crippen molar-refractivity contribution in [3.63, 3.8) is 0 Å². The minimum Gasteiger partial charge on any atom is -0.479 e. The predicted molar refractivity (Wildman–Crippen MR) is 46.9 cm³/mol. The number of hydrogen-bond donors (Lipinski definition) is 4. The SMILES string of the molecule is O=C(SSC(O)C(=O)O)C(O)CO. The fourth-order valence-electron chi connectivity index (χ4n) is 0.264. The number of carboxylic acids is 1. The first-order valence-electron chi connectivity index (χ1n) is 3.06. The molecule has 0 saturated heterocycles. The van der Waals surface area contributed by atoms with Gasteiger partial charge in [0.05, 0.1) is 6.61 Å². The lowest BCUT2D eigenvalue weighted by Crippen LogP contribution is -2.21. The number of carbonyl (C=O) groups excluding carboxylic acids is 1. The first-order valence-corrected chi connectivity index (χ1v) is 5.27. The van der Waals surface area contributed by atoms with Gasteiger partial charge in [-0.05, 0) is 21.6 Å². The molecule has 0 aliphatic heterocycles. The number of carbonyl (C=O) groups is 2. The Morgan fingerprint density at radius 3 is 2.23 bits per heavy atom. The summed E-state index contributed by atoms with van der Waals surface area (Å²) in [5, 5.41) is 33.1. The lowest BCUT2D eigenvalue weighted by Gasteiger charge is -2.05. The molecule has 2 unspecified atom stereocenters. The van der Waals surface area contributed by atoms with Crippen LogP contribution in [0.1, 0.15) is 0 Å². The van der Waals surface area contributed by atoms with Crippen molar-refractivity contribution in [1.29, 1.82) is 0 Å². The van der Waals surface area contributed by atoms with E-state index in [1.807, 2.05) is 0 Å². The highest BCUT2D eigenvalue weighted by atomic mass is 33.1. The van der Waals surface area contributed by atoms with Gasteiger partial charge in [0.25, 0.3) is 0 Å². The zero-order valence-electron chi connectivity index (χ0n) is 6.28. The number of carboxylic acid groups (broad SMARTS) is 1. The molecule has 0 aromatic rings. The Morgan fingerprint density at radius 2 is 1.85 bits per heavy atom. The van der Waals surface area contributed by atoms with Crippen molar-refractivity contribution >= 4 is 32.7 Å². The maximum Gasteiger partial charge on any atom is 0.344 e. The Hall–Kier alpha value is -0.280. The van der Waals surface area contributed by atoms with Crippen LogP contribution in [-0.4, -0.2) is 49.7 Å². The van der Waals surface area contributed by atoms with Gasteiger partial charge in [-0.3, -0.25) is 4.79 Å². The molecule has 6 nitrogen and oxygen atoms in total. The summed E-state index contributed by atoms with van der Waals surface area (Å²) in [6.07, 6.45) is -1.54. The van der Waals surface area contributed by atoms with Gasteiger partial charge >= 0.3 is 5.97 Å². The maximum absolute atomic E-state index is 10.7. The van der Waals surface area contributed by atoms with Crippen molar-refractivity contribution in [3.8, 4) is 0 Å². The topological polar surface area (TPSA) is 115 Å². The molecule has 13 heavy (non-hydrogen) atoms. The molecule has 0 aromatic carbocycles. The van der Waals surface area contributed by atoms with Crippen molar-refractivity contribution in [2.45, 2.75) is 11.5 Å². The van der Waals surface area contributed by atoms with E-state index >= 15 is 0 Å². The van der Waals surface area contributed by atoms with E-state index < -0.39 is 29.2 Å². The average molecular weight is 228 g/mol. The summed E-state index contributed by atoms with van der Waals surface area (Å²) < 4.78 is 0. The molecule has 0 spiro atoms. The van der Waals surface area contributed by atoms with E-state index in [0.717, 1.165) is 0 Å². The smallest absolute Gasteiger partial charge is 0.344 e. The van der Waals surface area contributed by atoms with E-state index in [-0.39, 0.29) is 0 Å². The fraction of sp³-hybridized carbons (Fsp3) is 0.600. The first-order chi connectivity index (χ1) is 5.99. The van der Waals surface area contributed by atoms with Crippen molar-refractivity contribution in [2.75, 3.05) is 6.61 Å². The highest BCUT2D eigenvalue weighted by Gasteiger charge is 2.20. The van der Waals surface area contributed by atoms with Crippen molar-refractivity contribution in [2.24, 2.45) is 0 Å². The largest absolute Gasteiger partial charge is 0.479 e. The van der Waals surface area contributed by atoms with E-state index in [1.165, 1.54) is 0 Å². The Balaban J connectivity index is 3.76. The molecule has 0 aliphatic rings. The molecule has 0 bridgehead atoms. The van der Waals surface area contributed by atoms with E-state index in [9.17, 15) is 9.59 Å². The second-order valence-corrected chi connectivity index (χ2v) is 4.17. The minimum absolute atomic E-state index is 0.382. The highest BCUT2D eigenvalue weighted by Crippen LogP contribution is 2.27. The van der Waals surface area contributed by atoms with E-state index in [2.05, 4.69) is 0 Å². The molecule has 4 N–H and O–H groups in total. The Kier molecular flexibility index (Phi) is 6.08. The standard InChI is InChI=1S/C5H8O6S2/c6-1-2(7)4(10)12-13-5(11)3(8)9/h2,5-7,11H,1H2,(H,8,9). The zero-order chi connectivity index (χ0) is 10.4. The van der Waals surface area contributed by atoms with Crippen LogP contribution >= 0.6 is 21.6 Å². The van der Waals surface area contributed by atoms with E-state index in [4.69, 9.17) is 20.4 Å². The van der Waals surface area contributed by atoms with Gasteiger partial charge in [-0.15, -0.1) is 0 Å². The second kappa shape index (κ2) is 6.22. The first kappa shape index (κ1) is 12.7. The highest BCUT2D eigenvalue weighted by molar-refractivity contribution is 8.82. The van der Waals surface area contributed by atoms with Gasteiger partial charge in [0.15, 0.2) is 0 Å². The molecule has 0 aromatic heterocycles. The van der Waals surface area contributed by atoms with Crippen LogP contribution in [0.4, 0.5) is 0 Å². The molecule has 0 rings (SSSR count). The molecule has 0 amide bonds. The van der Waals surface area contributed by atoms with Gasteiger partial charge in [-0.2, -0.15) is 0 Å². The van der Waals surface area contributed by atoms with Crippen molar-refractivity contribution in [1.82, 2.24) is 0 Å². The summed E-state index contributed by atoms with van der Waals surface area (Å²) in [5.41, 5.74) is -1.72. The van der Waals surface area contributed by atoms with Crippen LogP contribution in [0, 0.1) is 0 Å². The molecule has 0 aliphatic carbocycles. The van der Waals surface area contributed by atoms with Gasteiger partial charge < -0.3 is 20.4 Å². The molecule has 0 radical (unpaired) electrons. The summed E-state index contributed by atoms with van der Waals surface area (Å²) in [4.78, 5) is 20.8. The summed E-state index contributed by atoms with van der Waals surface area (Å²) >= 11 is 0. The summed E-state index contributed by atoms with van der Waals surface area (Å²) in [6.45, 7) is -0.727. The molecular weight excluding hydrogens is 220 g/mol. The van der Waals surface area contributed by atoms with E-state index in [0.29, 0.717) is 21.6 Å². The van der Waals surface area contributed by atoms with Crippen molar-refractivity contribution in [3.05, 3.63) is 0 Å². The van der Waals surface area contributed by atoms with Gasteiger partial charge in [0, 0.05) is 0 Å². The van der Waals surface area contributed by atoms with Gasteiger partial charge in [-0.1, -0.05) is 0 Å². The van der Waals surface area contributed by atoms with Crippen molar-refractivity contribution < 1.29 is 30.0 Å². The third kappa shape index (κ3) is 5.11. The normalized spacial score (nSPS) is 15.0. The van der Waals surface area contributed by atoms with Gasteiger partial charge in [0.2, 0.25) is 10.6 Å². The van der Waals surface area contributed by atoms with Crippen LogP contribution in [-0.2, 0) is 9.59 Å². The molecular formula is C5H8O6S2. The van der Waals surface area contributed by atoms with Crippen LogP contribution in [0.3, 0.4) is 0 Å². The fourth-order valence-corrected chi connectivity index (χ4v) is 1.86. The number of aliphatic hydroxyl groups excluding tert-OH is 3. The number of aliphatic hydroxyl groups is 3. The maximum atomic E-state index is 10.7. The number of rotatable bonds is 5. The number of hydrogen-bond acceptors (Lipinski definition) is 7. The zero-order valence-corrected chi connectivity index (χ0v) is 7.92. The predicted octanol–water partition coefficient (Wildman–Crippen LogP) is -1.35. The Bertz CT molecular complexity index is 195. The molecule has 2 atom stereocenters. The summed E-state index contributed by atoms with van der Waals surface area (Å²) in [7, 11) is 0.771. The average Bonchev–Trinajstić information content (AvgIpc) is 2.11. The molecule has 76 valence electrons. The lowest BCUT2D eigenvalue weighted by atomic mass is 10.4. The van der Waals surface area contributed by atoms with Crippen LogP contribution in [0.15, 0.2) is 0 Å². The lowest BCUT2D eigenvalue weighted by molar-refractivity contribution is -0.141. The quantitative estimate of drug-likeness (QED) is 0.337. The molecule has 0 heterocycles. The van der Waals surface area contributed by atoms with Crippen LogP contribution < -0.4 is 0 Å².